The average molecular weight is 244 g/mol. The van der Waals surface area contributed by atoms with E-state index in [0.717, 1.165) is 0 Å². The highest BCUT2D eigenvalue weighted by Gasteiger charge is 2.40. The summed E-state index contributed by atoms with van der Waals surface area (Å²) in [6, 6.07) is 0. The van der Waals surface area contributed by atoms with Crippen molar-refractivity contribution >= 4 is 0 Å². The maximum absolute atomic E-state index is 4.99. The Morgan fingerprint density at radius 1 is 1.17 bits per heavy atom. The quantitative estimate of drug-likeness (QED) is 0.678. The molecule has 0 radical (unpaired) electrons. The summed E-state index contributed by atoms with van der Waals surface area (Å²) in [5, 5.41) is 0. The summed E-state index contributed by atoms with van der Waals surface area (Å²) in [6.45, 7) is 3.59. The highest BCUT2D eigenvalue weighted by atomic mass is 15.1. The van der Waals surface area contributed by atoms with Gasteiger partial charge in [0, 0.05) is 18.2 Å². The Bertz CT molecular complexity index is 466. The highest BCUT2D eigenvalue weighted by molar-refractivity contribution is 5.25. The average Bonchev–Trinajstić information content (AvgIpc) is 2.96. The van der Waals surface area contributed by atoms with E-state index in [0.29, 0.717) is 11.3 Å². The van der Waals surface area contributed by atoms with Crippen LogP contribution in [-0.4, -0.2) is 9.55 Å². The predicted octanol–water partition coefficient (Wildman–Crippen LogP) is 3.83. The van der Waals surface area contributed by atoms with Crippen LogP contribution < -0.4 is 0 Å². The molecule has 1 aromatic heterocycles. The summed E-state index contributed by atoms with van der Waals surface area (Å²) < 4.78 is 2.60. The van der Waals surface area contributed by atoms with Crippen LogP contribution >= 0.6 is 0 Å². The lowest BCUT2D eigenvalue weighted by Crippen LogP contribution is -2.28. The van der Waals surface area contributed by atoms with Gasteiger partial charge < -0.3 is 4.57 Å². The number of hydrogen-bond acceptors (Lipinski definition) is 1. The van der Waals surface area contributed by atoms with Gasteiger partial charge in [-0.15, -0.1) is 0 Å². The fourth-order valence-corrected chi connectivity index (χ4v) is 4.64. The van der Waals surface area contributed by atoms with Crippen LogP contribution in [0.2, 0.25) is 0 Å². The molecule has 1 saturated carbocycles. The fourth-order valence-electron chi connectivity index (χ4n) is 4.64. The third-order valence-corrected chi connectivity index (χ3v) is 5.74. The second-order valence-corrected chi connectivity index (χ2v) is 6.94. The minimum atomic E-state index is 0.671. The summed E-state index contributed by atoms with van der Waals surface area (Å²) in [7, 11) is 0. The minimum Gasteiger partial charge on any atom is -0.332 e. The number of nitrogens with zero attached hydrogens (tertiary/aromatic N) is 2. The molecule has 18 heavy (non-hydrogen) atoms. The van der Waals surface area contributed by atoms with E-state index in [9.17, 15) is 0 Å². The Hall–Kier alpha value is -0.790. The van der Waals surface area contributed by atoms with Crippen molar-refractivity contribution in [2.24, 2.45) is 5.41 Å². The molecule has 3 aliphatic rings. The van der Waals surface area contributed by atoms with E-state index in [2.05, 4.69) is 11.5 Å². The van der Waals surface area contributed by atoms with Gasteiger partial charge in [0.2, 0.25) is 0 Å². The van der Waals surface area contributed by atoms with Crippen molar-refractivity contribution in [3.05, 3.63) is 17.2 Å². The van der Waals surface area contributed by atoms with Crippen LogP contribution in [-0.2, 0) is 19.4 Å². The number of aromatic nitrogens is 2. The largest absolute Gasteiger partial charge is 0.332 e. The molecule has 0 amide bonds. The molecule has 0 N–H and O–H groups in total. The summed E-state index contributed by atoms with van der Waals surface area (Å²) in [4.78, 5) is 4.99. The lowest BCUT2D eigenvalue weighted by Gasteiger charge is -2.34. The van der Waals surface area contributed by atoms with Crippen molar-refractivity contribution in [2.45, 2.75) is 77.2 Å². The molecule has 1 unspecified atom stereocenters. The van der Waals surface area contributed by atoms with Gasteiger partial charge in [-0.05, 0) is 50.4 Å². The molecule has 0 aromatic carbocycles. The van der Waals surface area contributed by atoms with E-state index in [1.165, 1.54) is 75.9 Å². The summed E-state index contributed by atoms with van der Waals surface area (Å²) >= 11 is 0. The van der Waals surface area contributed by atoms with E-state index in [-0.39, 0.29) is 0 Å². The predicted molar refractivity (Wildman–Crippen MR) is 72.8 cm³/mol. The van der Waals surface area contributed by atoms with E-state index < -0.39 is 0 Å². The SMILES string of the molecule is CC1CCCn2c1nc1c2CC2(CCCC2)CC1. The molecular formula is C16H24N2. The Balaban J connectivity index is 1.74. The first-order chi connectivity index (χ1) is 8.77. The molecule has 2 nitrogen and oxygen atoms in total. The lowest BCUT2D eigenvalue weighted by molar-refractivity contribution is 0.245. The molecule has 4 rings (SSSR count). The fraction of sp³-hybridized carbons (Fsp3) is 0.812. The molecule has 2 heterocycles. The zero-order valence-electron chi connectivity index (χ0n) is 11.5. The minimum absolute atomic E-state index is 0.671. The van der Waals surface area contributed by atoms with Crippen LogP contribution in [0.3, 0.4) is 0 Å². The van der Waals surface area contributed by atoms with Crippen LogP contribution in [0, 0.1) is 5.41 Å². The van der Waals surface area contributed by atoms with Crippen molar-refractivity contribution < 1.29 is 0 Å². The van der Waals surface area contributed by atoms with Gasteiger partial charge in [0.15, 0.2) is 0 Å². The van der Waals surface area contributed by atoms with Crippen molar-refractivity contribution in [3.63, 3.8) is 0 Å². The van der Waals surface area contributed by atoms with E-state index in [1.807, 2.05) is 0 Å². The highest BCUT2D eigenvalue weighted by Crippen LogP contribution is 2.48. The Morgan fingerprint density at radius 3 is 2.83 bits per heavy atom. The van der Waals surface area contributed by atoms with E-state index in [1.54, 1.807) is 5.69 Å². The Labute approximate surface area is 110 Å². The van der Waals surface area contributed by atoms with E-state index in [4.69, 9.17) is 4.98 Å². The third kappa shape index (κ3) is 1.50. The molecular weight excluding hydrogens is 220 g/mol. The molecule has 1 aromatic rings. The smallest absolute Gasteiger partial charge is 0.112 e. The molecule has 2 aliphatic carbocycles. The summed E-state index contributed by atoms with van der Waals surface area (Å²) in [5.41, 5.74) is 3.76. The molecule has 98 valence electrons. The van der Waals surface area contributed by atoms with Gasteiger partial charge in [0.1, 0.15) is 5.82 Å². The first-order valence-corrected chi connectivity index (χ1v) is 7.86. The lowest BCUT2D eigenvalue weighted by atomic mass is 9.73. The monoisotopic (exact) mass is 244 g/mol. The second-order valence-electron chi connectivity index (χ2n) is 6.94. The van der Waals surface area contributed by atoms with Crippen molar-refractivity contribution in [2.75, 3.05) is 0 Å². The molecule has 1 fully saturated rings. The topological polar surface area (TPSA) is 17.8 Å². The first kappa shape index (κ1) is 11.1. The number of hydrogen-bond donors (Lipinski definition) is 0. The summed E-state index contributed by atoms with van der Waals surface area (Å²) in [5.74, 6) is 2.09. The molecule has 1 aliphatic heterocycles. The normalized spacial score (nSPS) is 29.3. The van der Waals surface area contributed by atoms with Gasteiger partial charge in [0.05, 0.1) is 5.69 Å². The number of fused-ring (bicyclic) bond motifs is 3. The Morgan fingerprint density at radius 2 is 2.00 bits per heavy atom. The van der Waals surface area contributed by atoms with Crippen LogP contribution in [0.5, 0.6) is 0 Å². The first-order valence-electron chi connectivity index (χ1n) is 7.86. The molecule has 2 heteroatoms. The van der Waals surface area contributed by atoms with Gasteiger partial charge in [0.25, 0.3) is 0 Å². The van der Waals surface area contributed by atoms with Gasteiger partial charge in [-0.1, -0.05) is 19.8 Å². The van der Waals surface area contributed by atoms with E-state index >= 15 is 0 Å². The number of rotatable bonds is 0. The maximum atomic E-state index is 4.99. The Kier molecular flexibility index (Phi) is 2.37. The summed E-state index contributed by atoms with van der Waals surface area (Å²) in [6.07, 6.45) is 12.6. The number of imidazole rings is 1. The van der Waals surface area contributed by atoms with Crippen molar-refractivity contribution in [1.82, 2.24) is 9.55 Å². The van der Waals surface area contributed by atoms with Crippen LogP contribution in [0.25, 0.3) is 0 Å². The standard InChI is InChI=1S/C16H24N2/c1-12-5-4-10-18-14-11-16(7-2-3-8-16)9-6-13(14)17-15(12)18/h12H,2-11H2,1H3. The van der Waals surface area contributed by atoms with Crippen LogP contribution in [0.15, 0.2) is 0 Å². The number of aryl methyl sites for hydroxylation is 1. The third-order valence-electron chi connectivity index (χ3n) is 5.74. The molecule has 0 saturated heterocycles. The van der Waals surface area contributed by atoms with Crippen molar-refractivity contribution in [1.29, 1.82) is 0 Å². The van der Waals surface area contributed by atoms with Crippen LogP contribution in [0.4, 0.5) is 0 Å². The van der Waals surface area contributed by atoms with Crippen LogP contribution in [0.1, 0.15) is 75.0 Å². The second kappa shape index (κ2) is 3.85. The molecule has 1 atom stereocenters. The van der Waals surface area contributed by atoms with Gasteiger partial charge >= 0.3 is 0 Å². The zero-order chi connectivity index (χ0) is 12.2. The van der Waals surface area contributed by atoms with Crippen molar-refractivity contribution in [3.8, 4) is 0 Å². The zero-order valence-corrected chi connectivity index (χ0v) is 11.5. The maximum Gasteiger partial charge on any atom is 0.112 e. The van der Waals surface area contributed by atoms with Gasteiger partial charge in [-0.2, -0.15) is 0 Å². The molecule has 1 spiro atoms. The molecule has 0 bridgehead atoms. The van der Waals surface area contributed by atoms with Gasteiger partial charge in [-0.25, -0.2) is 4.98 Å². The van der Waals surface area contributed by atoms with Gasteiger partial charge in [-0.3, -0.25) is 0 Å².